The second kappa shape index (κ2) is 3.68. The van der Waals surface area contributed by atoms with Gasteiger partial charge in [-0.15, -0.1) is 0 Å². The molecule has 0 atom stereocenters. The number of rotatable bonds is 2. The van der Waals surface area contributed by atoms with Crippen LogP contribution in [0.2, 0.25) is 0 Å². The van der Waals surface area contributed by atoms with Gasteiger partial charge in [0.1, 0.15) is 0 Å². The summed E-state index contributed by atoms with van der Waals surface area (Å²) in [4.78, 5) is 0. The predicted octanol–water partition coefficient (Wildman–Crippen LogP) is 2.50. The molecule has 0 unspecified atom stereocenters. The number of methoxy groups -OCH3 is 1. The van der Waals surface area contributed by atoms with Crippen molar-refractivity contribution in [2.45, 2.75) is 24.8 Å². The standard InChI is InChI=1S/C11H14BrNO2/c1-15-10-8(12)4-3-7(9(10)14)11(13)5-2-6-11/h3-4,14H,2,5-6,13H2,1H3. The molecule has 0 aliphatic heterocycles. The van der Waals surface area contributed by atoms with E-state index in [1.165, 1.54) is 7.11 Å². The van der Waals surface area contributed by atoms with E-state index in [1.807, 2.05) is 12.1 Å². The minimum absolute atomic E-state index is 0.161. The fourth-order valence-corrected chi connectivity index (χ4v) is 2.45. The van der Waals surface area contributed by atoms with Crippen molar-refractivity contribution >= 4 is 15.9 Å². The molecule has 0 heterocycles. The lowest BCUT2D eigenvalue weighted by molar-refractivity contribution is 0.242. The second-order valence-corrected chi connectivity index (χ2v) is 4.84. The van der Waals surface area contributed by atoms with Crippen LogP contribution in [0.3, 0.4) is 0 Å². The van der Waals surface area contributed by atoms with Gasteiger partial charge >= 0.3 is 0 Å². The molecule has 1 aliphatic carbocycles. The molecule has 2 rings (SSSR count). The molecule has 0 radical (unpaired) electrons. The SMILES string of the molecule is COc1c(Br)ccc(C2(N)CCC2)c1O. The summed E-state index contributed by atoms with van der Waals surface area (Å²) < 4.78 is 5.87. The third kappa shape index (κ3) is 1.62. The van der Waals surface area contributed by atoms with Crippen LogP contribution in [0.1, 0.15) is 24.8 Å². The molecule has 1 aliphatic rings. The zero-order chi connectivity index (χ0) is 11.1. The van der Waals surface area contributed by atoms with E-state index in [0.29, 0.717) is 5.75 Å². The highest BCUT2D eigenvalue weighted by Crippen LogP contribution is 2.47. The van der Waals surface area contributed by atoms with E-state index in [2.05, 4.69) is 15.9 Å². The van der Waals surface area contributed by atoms with Gasteiger partial charge in [0.2, 0.25) is 0 Å². The first kappa shape index (κ1) is 10.8. The van der Waals surface area contributed by atoms with Gasteiger partial charge in [0.05, 0.1) is 11.6 Å². The third-order valence-corrected chi connectivity index (χ3v) is 3.69. The number of hydrogen-bond donors (Lipinski definition) is 2. The van der Waals surface area contributed by atoms with Crippen LogP contribution in [0.4, 0.5) is 0 Å². The highest BCUT2D eigenvalue weighted by molar-refractivity contribution is 9.10. The number of aromatic hydroxyl groups is 1. The van der Waals surface area contributed by atoms with Gasteiger partial charge < -0.3 is 15.6 Å². The van der Waals surface area contributed by atoms with Crippen molar-refractivity contribution in [2.75, 3.05) is 7.11 Å². The zero-order valence-electron chi connectivity index (χ0n) is 8.59. The number of benzene rings is 1. The topological polar surface area (TPSA) is 55.5 Å². The molecule has 0 aromatic heterocycles. The molecular formula is C11H14BrNO2. The summed E-state index contributed by atoms with van der Waals surface area (Å²) in [5.41, 5.74) is 6.59. The molecule has 3 nitrogen and oxygen atoms in total. The van der Waals surface area contributed by atoms with Gasteiger partial charge in [-0.3, -0.25) is 0 Å². The first-order valence-electron chi connectivity index (χ1n) is 4.93. The van der Waals surface area contributed by atoms with E-state index in [4.69, 9.17) is 10.5 Å². The van der Waals surface area contributed by atoms with Gasteiger partial charge in [-0.25, -0.2) is 0 Å². The van der Waals surface area contributed by atoms with Crippen molar-refractivity contribution in [3.63, 3.8) is 0 Å². The highest BCUT2D eigenvalue weighted by atomic mass is 79.9. The Morgan fingerprint density at radius 2 is 2.13 bits per heavy atom. The predicted molar refractivity (Wildman–Crippen MR) is 62.1 cm³/mol. The van der Waals surface area contributed by atoms with Gasteiger partial charge in [-0.05, 0) is 41.3 Å². The lowest BCUT2D eigenvalue weighted by atomic mass is 9.72. The van der Waals surface area contributed by atoms with Gasteiger partial charge in [-0.2, -0.15) is 0 Å². The van der Waals surface area contributed by atoms with Crippen LogP contribution >= 0.6 is 15.9 Å². The summed E-state index contributed by atoms with van der Waals surface area (Å²) in [5, 5.41) is 10.0. The summed E-state index contributed by atoms with van der Waals surface area (Å²) in [5.74, 6) is 0.623. The Morgan fingerprint density at radius 3 is 2.60 bits per heavy atom. The smallest absolute Gasteiger partial charge is 0.175 e. The van der Waals surface area contributed by atoms with Crippen molar-refractivity contribution in [2.24, 2.45) is 5.73 Å². The molecule has 0 amide bonds. The van der Waals surface area contributed by atoms with E-state index in [1.54, 1.807) is 0 Å². The first-order chi connectivity index (χ1) is 7.08. The third-order valence-electron chi connectivity index (χ3n) is 3.07. The van der Waals surface area contributed by atoms with Gasteiger partial charge in [0.25, 0.3) is 0 Å². The van der Waals surface area contributed by atoms with E-state index < -0.39 is 0 Å². The average molecular weight is 272 g/mol. The van der Waals surface area contributed by atoms with Crippen LogP contribution in [-0.2, 0) is 5.54 Å². The molecule has 0 bridgehead atoms. The minimum Gasteiger partial charge on any atom is -0.504 e. The summed E-state index contributed by atoms with van der Waals surface area (Å²) in [6.07, 6.45) is 2.96. The first-order valence-corrected chi connectivity index (χ1v) is 5.72. The largest absolute Gasteiger partial charge is 0.504 e. The molecule has 15 heavy (non-hydrogen) atoms. The molecule has 82 valence electrons. The number of hydrogen-bond acceptors (Lipinski definition) is 3. The summed E-state index contributed by atoms with van der Waals surface area (Å²) in [7, 11) is 1.54. The van der Waals surface area contributed by atoms with Crippen LogP contribution in [0, 0.1) is 0 Å². The number of nitrogens with two attached hydrogens (primary N) is 1. The molecule has 3 N–H and O–H groups in total. The van der Waals surface area contributed by atoms with E-state index in [9.17, 15) is 5.11 Å². The molecule has 0 spiro atoms. The fraction of sp³-hybridized carbons (Fsp3) is 0.455. The molecule has 4 heteroatoms. The average Bonchev–Trinajstić information content (AvgIpc) is 2.15. The lowest BCUT2D eigenvalue weighted by Gasteiger charge is -2.39. The molecular weight excluding hydrogens is 258 g/mol. The number of phenolic OH excluding ortho intramolecular Hbond substituents is 1. The molecule has 1 fully saturated rings. The number of phenols is 1. The second-order valence-electron chi connectivity index (χ2n) is 3.99. The van der Waals surface area contributed by atoms with Crippen LogP contribution in [0.5, 0.6) is 11.5 Å². The van der Waals surface area contributed by atoms with Crippen LogP contribution < -0.4 is 10.5 Å². The lowest BCUT2D eigenvalue weighted by Crippen LogP contribution is -2.43. The van der Waals surface area contributed by atoms with Crippen LogP contribution in [0.15, 0.2) is 16.6 Å². The van der Waals surface area contributed by atoms with E-state index in [-0.39, 0.29) is 11.3 Å². The summed E-state index contributed by atoms with van der Waals surface area (Å²) >= 11 is 3.32. The number of ether oxygens (including phenoxy) is 1. The van der Waals surface area contributed by atoms with E-state index >= 15 is 0 Å². The van der Waals surface area contributed by atoms with Gasteiger partial charge in [0, 0.05) is 11.1 Å². The minimum atomic E-state index is -0.363. The summed E-state index contributed by atoms with van der Waals surface area (Å²) in [6.45, 7) is 0. The Labute approximate surface area is 97.4 Å². The zero-order valence-corrected chi connectivity index (χ0v) is 10.2. The fourth-order valence-electron chi connectivity index (χ4n) is 1.97. The van der Waals surface area contributed by atoms with Crippen molar-refractivity contribution in [1.82, 2.24) is 0 Å². The van der Waals surface area contributed by atoms with E-state index in [0.717, 1.165) is 29.3 Å². The maximum Gasteiger partial charge on any atom is 0.175 e. The molecule has 0 saturated heterocycles. The molecule has 1 saturated carbocycles. The van der Waals surface area contributed by atoms with Crippen molar-refractivity contribution < 1.29 is 9.84 Å². The summed E-state index contributed by atoms with van der Waals surface area (Å²) in [6, 6.07) is 3.72. The van der Waals surface area contributed by atoms with Gasteiger partial charge in [-0.1, -0.05) is 6.07 Å². The van der Waals surface area contributed by atoms with Crippen LogP contribution in [0.25, 0.3) is 0 Å². The van der Waals surface area contributed by atoms with Crippen molar-refractivity contribution in [1.29, 1.82) is 0 Å². The quantitative estimate of drug-likeness (QED) is 0.869. The Bertz CT molecular complexity index is 388. The van der Waals surface area contributed by atoms with Gasteiger partial charge in [0.15, 0.2) is 11.5 Å². The maximum atomic E-state index is 10.0. The normalized spacial score (nSPS) is 18.3. The molecule has 1 aromatic carbocycles. The molecule has 1 aromatic rings. The maximum absolute atomic E-state index is 10.0. The van der Waals surface area contributed by atoms with Crippen molar-refractivity contribution in [3.8, 4) is 11.5 Å². The monoisotopic (exact) mass is 271 g/mol. The Kier molecular flexibility index (Phi) is 2.64. The Hall–Kier alpha value is -0.740. The Morgan fingerprint density at radius 1 is 1.47 bits per heavy atom. The highest BCUT2D eigenvalue weighted by Gasteiger charge is 2.37. The van der Waals surface area contributed by atoms with Crippen LogP contribution in [-0.4, -0.2) is 12.2 Å². The Balaban J connectivity index is 2.49. The number of halogens is 1. The van der Waals surface area contributed by atoms with Crippen molar-refractivity contribution in [3.05, 3.63) is 22.2 Å².